The fraction of sp³-hybridized carbons (Fsp3) is 0.526. The number of nitrogens with one attached hydrogen (secondary N) is 1. The van der Waals surface area contributed by atoms with E-state index in [-0.39, 0.29) is 17.6 Å². The Kier molecular flexibility index (Phi) is 3.78. The molecule has 6 nitrogen and oxygen atoms in total. The Balaban J connectivity index is 1.62. The highest BCUT2D eigenvalue weighted by molar-refractivity contribution is 5.91. The van der Waals surface area contributed by atoms with Gasteiger partial charge < -0.3 is 14.6 Å². The second-order valence-electron chi connectivity index (χ2n) is 7.68. The summed E-state index contributed by atoms with van der Waals surface area (Å²) in [5.41, 5.74) is 1.84. The zero-order chi connectivity index (χ0) is 17.6. The van der Waals surface area contributed by atoms with E-state index in [0.717, 1.165) is 54.9 Å². The summed E-state index contributed by atoms with van der Waals surface area (Å²) in [6.07, 6.45) is 3.79. The van der Waals surface area contributed by atoms with E-state index in [0.29, 0.717) is 5.82 Å². The van der Waals surface area contributed by atoms with Gasteiger partial charge in [0.25, 0.3) is 5.91 Å². The Bertz CT molecular complexity index is 825. The van der Waals surface area contributed by atoms with E-state index in [9.17, 15) is 4.79 Å². The third-order valence-corrected chi connectivity index (χ3v) is 4.99. The van der Waals surface area contributed by atoms with Crippen molar-refractivity contribution in [2.45, 2.75) is 64.6 Å². The summed E-state index contributed by atoms with van der Waals surface area (Å²) in [4.78, 5) is 12.9. The Morgan fingerprint density at radius 3 is 3.00 bits per heavy atom. The van der Waals surface area contributed by atoms with Crippen molar-refractivity contribution < 1.29 is 9.53 Å². The van der Waals surface area contributed by atoms with Crippen LogP contribution in [0.4, 0.5) is 0 Å². The largest absolute Gasteiger partial charge is 0.487 e. The van der Waals surface area contributed by atoms with Crippen LogP contribution in [0.3, 0.4) is 0 Å². The van der Waals surface area contributed by atoms with Crippen molar-refractivity contribution in [1.82, 2.24) is 20.1 Å². The smallest absolute Gasteiger partial charge is 0.289 e. The van der Waals surface area contributed by atoms with E-state index in [1.807, 2.05) is 23.6 Å². The SMILES string of the molecule is Cc1ccc2c(c1)OC(C)(C)CC2NC(=O)c1nnc2n1CCCC2. The molecule has 1 aromatic carbocycles. The van der Waals surface area contributed by atoms with E-state index in [2.05, 4.69) is 35.4 Å². The van der Waals surface area contributed by atoms with Gasteiger partial charge in [-0.15, -0.1) is 10.2 Å². The van der Waals surface area contributed by atoms with Crippen LogP contribution in [0.25, 0.3) is 0 Å². The zero-order valence-corrected chi connectivity index (χ0v) is 15.0. The van der Waals surface area contributed by atoms with Gasteiger partial charge in [-0.1, -0.05) is 12.1 Å². The van der Waals surface area contributed by atoms with Gasteiger partial charge in [-0.05, 0) is 45.2 Å². The van der Waals surface area contributed by atoms with Crippen LogP contribution in [0.1, 0.15) is 66.7 Å². The molecule has 0 saturated heterocycles. The maximum atomic E-state index is 12.9. The van der Waals surface area contributed by atoms with E-state index in [1.165, 1.54) is 0 Å². The highest BCUT2D eigenvalue weighted by atomic mass is 16.5. The molecule has 2 aliphatic heterocycles. The second-order valence-corrected chi connectivity index (χ2v) is 7.68. The maximum Gasteiger partial charge on any atom is 0.289 e. The molecule has 2 aliphatic rings. The Labute approximate surface area is 147 Å². The van der Waals surface area contributed by atoms with Crippen LogP contribution in [-0.2, 0) is 13.0 Å². The molecular weight excluding hydrogens is 316 g/mol. The molecule has 1 atom stereocenters. The van der Waals surface area contributed by atoms with Crippen LogP contribution < -0.4 is 10.1 Å². The van der Waals surface area contributed by atoms with Gasteiger partial charge in [0.05, 0.1) is 6.04 Å². The standard InChI is InChI=1S/C19H24N4O2/c1-12-7-8-13-14(11-19(2,3)25-15(13)10-12)20-18(24)17-22-21-16-6-4-5-9-23(16)17/h7-8,10,14H,4-6,9,11H2,1-3H3,(H,20,24). The molecule has 0 saturated carbocycles. The molecule has 0 aliphatic carbocycles. The number of amides is 1. The van der Waals surface area contributed by atoms with Gasteiger partial charge >= 0.3 is 0 Å². The minimum Gasteiger partial charge on any atom is -0.487 e. The van der Waals surface area contributed by atoms with E-state index in [1.54, 1.807) is 0 Å². The lowest BCUT2D eigenvalue weighted by Gasteiger charge is -2.38. The van der Waals surface area contributed by atoms with Crippen molar-refractivity contribution in [2.75, 3.05) is 0 Å². The number of aryl methyl sites for hydroxylation is 2. The molecule has 132 valence electrons. The minimum atomic E-state index is -0.330. The lowest BCUT2D eigenvalue weighted by Crippen LogP contribution is -2.42. The van der Waals surface area contributed by atoms with Crippen LogP contribution in [0.15, 0.2) is 18.2 Å². The van der Waals surface area contributed by atoms with E-state index >= 15 is 0 Å². The van der Waals surface area contributed by atoms with Gasteiger partial charge in [-0.3, -0.25) is 4.79 Å². The number of rotatable bonds is 2. The average molecular weight is 340 g/mol. The normalized spacial score (nSPS) is 21.0. The highest BCUT2D eigenvalue weighted by Gasteiger charge is 2.35. The topological polar surface area (TPSA) is 69.0 Å². The number of carbonyl (C=O) groups excluding carboxylic acids is 1. The lowest BCUT2D eigenvalue weighted by molar-refractivity contribution is 0.0614. The summed E-state index contributed by atoms with van der Waals surface area (Å²) in [6.45, 7) is 6.97. The molecule has 0 fully saturated rings. The van der Waals surface area contributed by atoms with Gasteiger partial charge in [-0.2, -0.15) is 0 Å². The van der Waals surface area contributed by atoms with Crippen molar-refractivity contribution in [3.05, 3.63) is 41.0 Å². The summed E-state index contributed by atoms with van der Waals surface area (Å²) in [5, 5.41) is 11.5. The summed E-state index contributed by atoms with van der Waals surface area (Å²) < 4.78 is 8.07. The fourth-order valence-electron chi connectivity index (χ4n) is 3.79. The Hall–Kier alpha value is -2.37. The number of hydrogen-bond acceptors (Lipinski definition) is 4. The quantitative estimate of drug-likeness (QED) is 0.912. The molecule has 3 heterocycles. The van der Waals surface area contributed by atoms with Crippen LogP contribution in [-0.4, -0.2) is 26.3 Å². The molecule has 4 rings (SSSR count). The van der Waals surface area contributed by atoms with Crippen molar-refractivity contribution in [3.63, 3.8) is 0 Å². The van der Waals surface area contributed by atoms with Crippen molar-refractivity contribution >= 4 is 5.91 Å². The lowest BCUT2D eigenvalue weighted by atomic mass is 9.89. The van der Waals surface area contributed by atoms with E-state index in [4.69, 9.17) is 4.74 Å². The first-order valence-corrected chi connectivity index (χ1v) is 8.95. The molecule has 1 N–H and O–H groups in total. The number of hydrogen-bond donors (Lipinski definition) is 1. The Morgan fingerprint density at radius 2 is 2.16 bits per heavy atom. The average Bonchev–Trinajstić information content (AvgIpc) is 2.97. The molecule has 0 radical (unpaired) electrons. The highest BCUT2D eigenvalue weighted by Crippen LogP contribution is 2.40. The summed E-state index contributed by atoms with van der Waals surface area (Å²) in [7, 11) is 0. The fourth-order valence-corrected chi connectivity index (χ4v) is 3.79. The van der Waals surface area contributed by atoms with Gasteiger partial charge in [0.2, 0.25) is 5.82 Å². The molecular formula is C19H24N4O2. The molecule has 1 unspecified atom stereocenters. The molecule has 1 amide bonds. The summed E-state index contributed by atoms with van der Waals surface area (Å²) in [5.74, 6) is 2.03. The number of ether oxygens (including phenoxy) is 1. The summed E-state index contributed by atoms with van der Waals surface area (Å²) >= 11 is 0. The van der Waals surface area contributed by atoms with Gasteiger partial charge in [0, 0.05) is 24.9 Å². The van der Waals surface area contributed by atoms with Crippen LogP contribution in [0.5, 0.6) is 5.75 Å². The molecule has 1 aromatic heterocycles. The first-order valence-electron chi connectivity index (χ1n) is 8.95. The predicted octanol–water partition coefficient (Wildman–Crippen LogP) is 2.96. The van der Waals surface area contributed by atoms with Crippen LogP contribution in [0, 0.1) is 6.92 Å². The third kappa shape index (κ3) is 3.01. The van der Waals surface area contributed by atoms with Gasteiger partial charge in [0.1, 0.15) is 17.2 Å². The number of nitrogens with zero attached hydrogens (tertiary/aromatic N) is 3. The van der Waals surface area contributed by atoms with Crippen molar-refractivity contribution in [3.8, 4) is 5.75 Å². The van der Waals surface area contributed by atoms with Gasteiger partial charge in [-0.25, -0.2) is 0 Å². The van der Waals surface area contributed by atoms with E-state index < -0.39 is 0 Å². The number of benzene rings is 1. The molecule has 25 heavy (non-hydrogen) atoms. The number of carbonyl (C=O) groups is 1. The first-order chi connectivity index (χ1) is 11.9. The first kappa shape index (κ1) is 16.1. The zero-order valence-electron chi connectivity index (χ0n) is 15.0. The summed E-state index contributed by atoms with van der Waals surface area (Å²) in [6, 6.07) is 6.04. The minimum absolute atomic E-state index is 0.0941. The van der Waals surface area contributed by atoms with Crippen molar-refractivity contribution in [2.24, 2.45) is 0 Å². The van der Waals surface area contributed by atoms with Gasteiger partial charge in [0.15, 0.2) is 0 Å². The number of aromatic nitrogens is 3. The predicted molar refractivity (Wildman–Crippen MR) is 93.7 cm³/mol. The van der Waals surface area contributed by atoms with Crippen LogP contribution in [0.2, 0.25) is 0 Å². The van der Waals surface area contributed by atoms with Crippen LogP contribution >= 0.6 is 0 Å². The molecule has 0 spiro atoms. The molecule has 0 bridgehead atoms. The molecule has 6 heteroatoms. The van der Waals surface area contributed by atoms with Crippen molar-refractivity contribution in [1.29, 1.82) is 0 Å². The third-order valence-electron chi connectivity index (χ3n) is 4.99. The Morgan fingerprint density at radius 1 is 1.32 bits per heavy atom. The molecule has 2 aromatic rings. The monoisotopic (exact) mass is 340 g/mol. The second kappa shape index (κ2) is 5.86. The number of fused-ring (bicyclic) bond motifs is 2. The maximum absolute atomic E-state index is 12.9.